The average Bonchev–Trinajstić information content (AvgIpc) is 3.66. The number of ether oxygens (including phenoxy) is 1. The van der Waals surface area contributed by atoms with E-state index >= 15 is 0 Å². The number of halogens is 3. The van der Waals surface area contributed by atoms with E-state index in [1.165, 1.54) is 12.1 Å². The van der Waals surface area contributed by atoms with Crippen molar-refractivity contribution < 1.29 is 32.3 Å². The van der Waals surface area contributed by atoms with E-state index in [1.54, 1.807) is 29.2 Å². The highest BCUT2D eigenvalue weighted by atomic mass is 19.4. The third-order valence-corrected chi connectivity index (χ3v) is 5.95. The first-order valence-corrected chi connectivity index (χ1v) is 11.5. The molecule has 2 aromatic rings. The van der Waals surface area contributed by atoms with Gasteiger partial charge in [0.1, 0.15) is 5.75 Å². The summed E-state index contributed by atoms with van der Waals surface area (Å²) in [5, 5.41) is 5.37. The first-order valence-electron chi connectivity index (χ1n) is 11.5. The molecule has 1 unspecified atom stereocenters. The van der Waals surface area contributed by atoms with Crippen molar-refractivity contribution in [2.75, 3.05) is 25.0 Å². The van der Waals surface area contributed by atoms with Crippen LogP contribution in [0.5, 0.6) is 5.75 Å². The summed E-state index contributed by atoms with van der Waals surface area (Å²) in [7, 11) is 0. The van der Waals surface area contributed by atoms with Crippen LogP contribution in [0.4, 0.5) is 18.9 Å². The molecule has 7 nitrogen and oxygen atoms in total. The van der Waals surface area contributed by atoms with Crippen molar-refractivity contribution >= 4 is 23.4 Å². The molecule has 2 aromatic carbocycles. The van der Waals surface area contributed by atoms with Crippen molar-refractivity contribution in [1.29, 1.82) is 0 Å². The number of nitrogens with one attached hydrogen (secondary N) is 2. The van der Waals surface area contributed by atoms with Gasteiger partial charge in [-0.1, -0.05) is 6.07 Å². The lowest BCUT2D eigenvalue weighted by Gasteiger charge is -2.32. The van der Waals surface area contributed by atoms with E-state index in [9.17, 15) is 27.6 Å². The Balaban J connectivity index is 1.27. The Kier molecular flexibility index (Phi) is 7.28. The van der Waals surface area contributed by atoms with Crippen LogP contribution in [-0.2, 0) is 15.8 Å². The topological polar surface area (TPSA) is 87.7 Å². The normalized spacial score (nSPS) is 18.0. The minimum absolute atomic E-state index is 0.0113. The van der Waals surface area contributed by atoms with Crippen molar-refractivity contribution in [2.24, 2.45) is 5.92 Å². The predicted molar refractivity (Wildman–Crippen MR) is 122 cm³/mol. The molecule has 0 spiro atoms. The lowest BCUT2D eigenvalue weighted by Crippen LogP contribution is -2.45. The molecule has 1 saturated carbocycles. The molecule has 2 aliphatic rings. The first-order chi connectivity index (χ1) is 16.7. The van der Waals surface area contributed by atoms with Crippen molar-refractivity contribution in [2.45, 2.75) is 37.9 Å². The van der Waals surface area contributed by atoms with Crippen molar-refractivity contribution in [1.82, 2.24) is 10.2 Å². The van der Waals surface area contributed by atoms with E-state index in [0.717, 1.165) is 37.8 Å². The van der Waals surface area contributed by atoms with Gasteiger partial charge in [-0.05, 0) is 68.1 Å². The Bertz CT molecular complexity index is 1080. The van der Waals surface area contributed by atoms with Crippen LogP contribution in [0.25, 0.3) is 0 Å². The zero-order valence-electron chi connectivity index (χ0n) is 18.9. The fourth-order valence-corrected chi connectivity index (χ4v) is 3.92. The molecule has 35 heavy (non-hydrogen) atoms. The van der Waals surface area contributed by atoms with Gasteiger partial charge in [-0.3, -0.25) is 14.4 Å². The van der Waals surface area contributed by atoms with Crippen LogP contribution in [0, 0.1) is 5.92 Å². The molecule has 1 aliphatic carbocycles. The van der Waals surface area contributed by atoms with E-state index in [1.807, 2.05) is 0 Å². The minimum Gasteiger partial charge on any atom is -0.484 e. The second-order valence-electron chi connectivity index (χ2n) is 8.81. The standard InChI is InChI=1S/C25H26F3N3O4/c26-25(27,28)18-4-1-5-20(13-18)29-22(32)15-35-21-10-6-16(7-11-21)24(34)31-12-2-3-17(14-31)23(33)30-19-8-9-19/h1,4-7,10-11,13,17,19H,2-3,8-9,12,14-15H2,(H,29,32)(H,30,33). The van der Waals surface area contributed by atoms with Gasteiger partial charge < -0.3 is 20.3 Å². The number of amides is 3. The summed E-state index contributed by atoms with van der Waals surface area (Å²) in [5.41, 5.74) is -0.408. The summed E-state index contributed by atoms with van der Waals surface area (Å²) < 4.78 is 43.8. The molecule has 1 heterocycles. The van der Waals surface area contributed by atoms with Gasteiger partial charge in [0.25, 0.3) is 11.8 Å². The highest BCUT2D eigenvalue weighted by Crippen LogP contribution is 2.30. The van der Waals surface area contributed by atoms with Gasteiger partial charge in [0.2, 0.25) is 5.91 Å². The fourth-order valence-electron chi connectivity index (χ4n) is 3.92. The van der Waals surface area contributed by atoms with Gasteiger partial charge in [0.15, 0.2) is 6.61 Å². The minimum atomic E-state index is -4.51. The molecule has 186 valence electrons. The van der Waals surface area contributed by atoms with Gasteiger partial charge in [-0.2, -0.15) is 13.2 Å². The summed E-state index contributed by atoms with van der Waals surface area (Å²) >= 11 is 0. The zero-order chi connectivity index (χ0) is 25.0. The zero-order valence-corrected chi connectivity index (χ0v) is 18.9. The molecular weight excluding hydrogens is 463 g/mol. The van der Waals surface area contributed by atoms with Crippen molar-refractivity contribution in [3.63, 3.8) is 0 Å². The fraction of sp³-hybridized carbons (Fsp3) is 0.400. The second kappa shape index (κ2) is 10.4. The average molecular weight is 489 g/mol. The maximum Gasteiger partial charge on any atom is 0.416 e. The number of likely N-dealkylation sites (tertiary alicyclic amines) is 1. The molecule has 1 aliphatic heterocycles. The molecule has 10 heteroatoms. The van der Waals surface area contributed by atoms with E-state index < -0.39 is 24.3 Å². The van der Waals surface area contributed by atoms with E-state index in [-0.39, 0.29) is 29.5 Å². The number of carbonyl (C=O) groups is 3. The summed E-state index contributed by atoms with van der Waals surface area (Å²) in [6.45, 7) is 0.554. The van der Waals surface area contributed by atoms with Crippen molar-refractivity contribution in [3.05, 3.63) is 59.7 Å². The molecule has 0 radical (unpaired) electrons. The number of nitrogens with zero attached hydrogens (tertiary/aromatic N) is 1. The van der Waals surface area contributed by atoms with E-state index in [0.29, 0.717) is 24.4 Å². The van der Waals surface area contributed by atoms with Crippen molar-refractivity contribution in [3.8, 4) is 5.75 Å². The SMILES string of the molecule is O=C(COc1ccc(C(=O)N2CCCC(C(=O)NC3CC3)C2)cc1)Nc1cccc(C(F)(F)F)c1. The van der Waals surface area contributed by atoms with Crippen LogP contribution < -0.4 is 15.4 Å². The van der Waals surface area contributed by atoms with Gasteiger partial charge in [-0.15, -0.1) is 0 Å². The maximum absolute atomic E-state index is 12.9. The van der Waals surface area contributed by atoms with Crippen LogP contribution >= 0.6 is 0 Å². The Hall–Kier alpha value is -3.56. The quantitative estimate of drug-likeness (QED) is 0.619. The molecule has 0 aromatic heterocycles. The Morgan fingerprint density at radius 2 is 1.77 bits per heavy atom. The summed E-state index contributed by atoms with van der Waals surface area (Å²) in [6.07, 6.45) is -0.951. The first kappa shape index (κ1) is 24.6. The molecule has 4 rings (SSSR count). The Morgan fingerprint density at radius 3 is 2.46 bits per heavy atom. The van der Waals surface area contributed by atoms with Gasteiger partial charge in [0.05, 0.1) is 11.5 Å². The van der Waals surface area contributed by atoms with Gasteiger partial charge in [-0.25, -0.2) is 0 Å². The number of rotatable bonds is 7. The number of hydrogen-bond donors (Lipinski definition) is 2. The van der Waals surface area contributed by atoms with E-state index in [4.69, 9.17) is 4.74 Å². The molecule has 1 atom stereocenters. The van der Waals surface area contributed by atoms with Crippen LogP contribution in [-0.4, -0.2) is 48.4 Å². The number of benzene rings is 2. The van der Waals surface area contributed by atoms with Crippen LogP contribution in [0.1, 0.15) is 41.6 Å². The smallest absolute Gasteiger partial charge is 0.416 e. The van der Waals surface area contributed by atoms with Gasteiger partial charge >= 0.3 is 6.18 Å². The third kappa shape index (κ3) is 6.74. The second-order valence-corrected chi connectivity index (χ2v) is 8.81. The number of carbonyl (C=O) groups excluding carboxylic acids is 3. The monoisotopic (exact) mass is 489 g/mol. The molecular formula is C25H26F3N3O4. The predicted octanol–water partition coefficient (Wildman–Crippen LogP) is 3.85. The van der Waals surface area contributed by atoms with Crippen LogP contribution in [0.2, 0.25) is 0 Å². The molecule has 2 fully saturated rings. The lowest BCUT2D eigenvalue weighted by molar-refractivity contribution is -0.137. The van der Waals surface area contributed by atoms with Crippen LogP contribution in [0.15, 0.2) is 48.5 Å². The summed E-state index contributed by atoms with van der Waals surface area (Å²) in [5.74, 6) is -0.652. The highest BCUT2D eigenvalue weighted by Gasteiger charge is 2.32. The largest absolute Gasteiger partial charge is 0.484 e. The number of hydrogen-bond acceptors (Lipinski definition) is 4. The van der Waals surface area contributed by atoms with Gasteiger partial charge in [0, 0.05) is 30.4 Å². The highest BCUT2D eigenvalue weighted by molar-refractivity contribution is 5.95. The Morgan fingerprint density at radius 1 is 1.03 bits per heavy atom. The lowest BCUT2D eigenvalue weighted by atomic mass is 9.96. The Labute approximate surface area is 200 Å². The summed E-state index contributed by atoms with van der Waals surface area (Å²) in [6, 6.07) is 10.9. The molecule has 3 amide bonds. The molecule has 2 N–H and O–H groups in total. The third-order valence-electron chi connectivity index (χ3n) is 5.95. The molecule has 0 bridgehead atoms. The maximum atomic E-state index is 12.9. The summed E-state index contributed by atoms with van der Waals surface area (Å²) in [4.78, 5) is 39.0. The van der Waals surface area contributed by atoms with E-state index in [2.05, 4.69) is 10.6 Å². The van der Waals surface area contributed by atoms with Crippen LogP contribution in [0.3, 0.4) is 0 Å². The number of piperidine rings is 1. The number of anilines is 1. The number of alkyl halides is 3. The molecule has 1 saturated heterocycles.